The number of rotatable bonds is 4. The number of aromatic nitrogens is 6. The Morgan fingerprint density at radius 3 is 1.72 bits per heavy atom. The molecule has 0 aliphatic carbocycles. The van der Waals surface area contributed by atoms with E-state index in [1.165, 1.54) is 5.69 Å². The summed E-state index contributed by atoms with van der Waals surface area (Å²) >= 11 is 15.1. The van der Waals surface area contributed by atoms with E-state index in [-0.39, 0.29) is 17.1 Å². The molecule has 2 saturated heterocycles. The van der Waals surface area contributed by atoms with Gasteiger partial charge in [-0.25, -0.2) is 0 Å². The van der Waals surface area contributed by atoms with Gasteiger partial charge in [0.1, 0.15) is 28.6 Å². The van der Waals surface area contributed by atoms with Gasteiger partial charge in [-0.15, -0.1) is 24.0 Å². The number of nitrogens with one attached hydrogen (secondary N) is 5. The number of aromatic amines is 4. The number of imidazole rings is 2. The van der Waals surface area contributed by atoms with Gasteiger partial charge in [0, 0.05) is 111 Å². The summed E-state index contributed by atoms with van der Waals surface area (Å²) in [4.78, 5) is 26.2. The lowest BCUT2D eigenvalue weighted by Gasteiger charge is -2.39. The summed E-state index contributed by atoms with van der Waals surface area (Å²) < 4.78 is 8.26. The number of pyridine rings is 2. The van der Waals surface area contributed by atoms with Crippen molar-refractivity contribution in [1.29, 1.82) is 0 Å². The van der Waals surface area contributed by atoms with Crippen molar-refractivity contribution in [1.82, 2.24) is 40.1 Å². The Kier molecular flexibility index (Phi) is 23.4. The number of fused-ring (bicyclic) bond motifs is 2. The molecule has 0 spiro atoms. The van der Waals surface area contributed by atoms with Crippen LogP contribution >= 0.6 is 48.4 Å². The molecule has 4 aromatic carbocycles. The second kappa shape index (κ2) is 30.0. The highest BCUT2D eigenvalue weighted by Crippen LogP contribution is 2.24. The van der Waals surface area contributed by atoms with Crippen molar-refractivity contribution in [3.63, 3.8) is 0 Å². The van der Waals surface area contributed by atoms with Gasteiger partial charge in [-0.1, -0.05) is 18.2 Å². The summed E-state index contributed by atoms with van der Waals surface area (Å²) in [6.45, 7) is 19.9. The predicted molar refractivity (Wildman–Crippen MR) is 310 cm³/mol. The number of phenols is 4. The molecule has 2 aliphatic heterocycles. The van der Waals surface area contributed by atoms with Gasteiger partial charge < -0.3 is 65.1 Å². The van der Waals surface area contributed by atoms with Crippen LogP contribution in [0.4, 0.5) is 11.4 Å². The van der Waals surface area contributed by atoms with Crippen LogP contribution in [0.25, 0.3) is 21.8 Å². The Morgan fingerprint density at radius 2 is 1.24 bits per heavy atom. The molecule has 7 heterocycles. The van der Waals surface area contributed by atoms with Crippen LogP contribution in [0.1, 0.15) is 26.5 Å². The van der Waals surface area contributed by atoms with Crippen molar-refractivity contribution >= 4 is 81.6 Å². The number of benzene rings is 4. The van der Waals surface area contributed by atoms with Gasteiger partial charge in [-0.3, -0.25) is 9.97 Å². The second-order valence-electron chi connectivity index (χ2n) is 17.4. The highest BCUT2D eigenvalue weighted by Gasteiger charge is 2.22. The molecule has 9 N–H and O–H groups in total. The van der Waals surface area contributed by atoms with Gasteiger partial charge in [0.15, 0.2) is 15.4 Å². The lowest BCUT2D eigenvalue weighted by atomic mass is 10.2. The number of hydrogen-bond donors (Lipinski definition) is 10. The van der Waals surface area contributed by atoms with Crippen LogP contribution in [0.2, 0.25) is 0 Å². The smallest absolute Gasteiger partial charge is 0.182 e. The zero-order valence-electron chi connectivity index (χ0n) is 42.0. The molecular formula is C55H66N10O5S4. The molecular weight excluding hydrogens is 1010 g/mol. The fourth-order valence-corrected chi connectivity index (χ4v) is 8.08. The van der Waals surface area contributed by atoms with Gasteiger partial charge >= 0.3 is 0 Å². The van der Waals surface area contributed by atoms with E-state index in [2.05, 4.69) is 81.3 Å². The van der Waals surface area contributed by atoms with Crippen LogP contribution in [0.3, 0.4) is 0 Å². The van der Waals surface area contributed by atoms with E-state index in [1.54, 1.807) is 90.7 Å². The summed E-state index contributed by atoms with van der Waals surface area (Å²) in [6.07, 6.45) is 8.79. The molecule has 0 radical (unpaired) electrons. The molecule has 74 heavy (non-hydrogen) atoms. The molecule has 0 atom stereocenters. The fourth-order valence-electron chi connectivity index (χ4n) is 7.00. The quantitative estimate of drug-likeness (QED) is 0.0454. The molecule has 0 unspecified atom stereocenters. The van der Waals surface area contributed by atoms with E-state index in [4.69, 9.17) is 27.2 Å². The van der Waals surface area contributed by atoms with Crippen LogP contribution in [0, 0.1) is 16.5 Å². The second-order valence-corrected chi connectivity index (χ2v) is 20.0. The van der Waals surface area contributed by atoms with Gasteiger partial charge in [-0.05, 0) is 167 Å². The van der Waals surface area contributed by atoms with Crippen LogP contribution < -0.4 is 15.1 Å². The van der Waals surface area contributed by atoms with Crippen LogP contribution in [0.5, 0.6) is 23.0 Å². The van der Waals surface area contributed by atoms with Crippen LogP contribution in [-0.2, 0) is 4.74 Å². The van der Waals surface area contributed by atoms with Crippen molar-refractivity contribution < 1.29 is 25.2 Å². The molecule has 9 aromatic rings. The number of nitrogens with zero attached hydrogens (tertiary/aromatic N) is 5. The molecule has 2 fully saturated rings. The van der Waals surface area contributed by atoms with E-state index >= 15 is 0 Å². The minimum Gasteiger partial charge on any atom is -0.508 e. The highest BCUT2D eigenvalue weighted by molar-refractivity contribution is 7.82. The van der Waals surface area contributed by atoms with Crippen molar-refractivity contribution in [3.8, 4) is 23.0 Å². The Balaban J connectivity index is 0.000000166. The highest BCUT2D eigenvalue weighted by atomic mass is 32.2. The normalized spacial score (nSPS) is 12.7. The summed E-state index contributed by atoms with van der Waals surface area (Å²) in [6, 6.07) is 36.5. The maximum Gasteiger partial charge on any atom is 0.182 e. The third-order valence-electron chi connectivity index (χ3n) is 10.6. The first-order valence-electron chi connectivity index (χ1n) is 23.7. The van der Waals surface area contributed by atoms with E-state index in [0.717, 1.165) is 95.6 Å². The van der Waals surface area contributed by atoms with E-state index in [0.29, 0.717) is 21.0 Å². The Labute approximate surface area is 452 Å². The number of thiophene rings is 1. The summed E-state index contributed by atoms with van der Waals surface area (Å²) in [5.74, 6) is 1.96. The number of anilines is 2. The molecule has 390 valence electrons. The standard InChI is InChI=1S/C16H24N2O2.C10H14N2O.2C9H7NO.C4H6N2S.C4H4S2.C3H4N2S/c1-13(20-16(2,3)4)17-9-11-18(12-10-17)14-5-7-15(19)8-6-14;13-10-3-1-9(2-4-10)12-7-5-11-6-8-12;11-9-5-1-4-8-7(9)3-2-6-10-8;11-8-3-4-9-7(6-8)2-1-5-10-9;1-3-2-5-4(7)6-3;5-4-2-1-3-6-4;6-3-4-1-2-5-3/h5-8,19H,1,9-12H2,2-4H3;1-4,11,13H,5-8H2;2*1-6,11H;2H,1H3,(H2,5,6,7);1-3,5H;1-2H,(H2,4,5,6). The minimum absolute atomic E-state index is 0.203. The zero-order chi connectivity index (χ0) is 53.3. The first kappa shape index (κ1) is 57.6. The number of hydrogen-bond acceptors (Lipinski definition) is 15. The first-order chi connectivity index (χ1) is 35.5. The maximum absolute atomic E-state index is 9.33. The monoisotopic (exact) mass is 1070 g/mol. The SMILES string of the molecule is C=C(OC(C)(C)C)N1CCN(c2ccc(O)cc2)CC1.Cc1c[nH]c(=S)[nH]1.Oc1ccc(N2CCNCC2)cc1.Oc1ccc2ncccc2c1.Oc1cccc2ncccc12.S=c1[nH]cc[nH]1.Sc1cccs1. The van der Waals surface area contributed by atoms with Crippen molar-refractivity contribution in [2.45, 2.75) is 37.5 Å². The topological polar surface area (TPSA) is 201 Å². The number of ether oxygens (including phenoxy) is 1. The third-order valence-corrected chi connectivity index (χ3v) is 12.2. The van der Waals surface area contributed by atoms with Crippen molar-refractivity contribution in [2.75, 3.05) is 62.2 Å². The molecule has 2 aliphatic rings. The fraction of sp³-hybridized carbons (Fsp3) is 0.236. The van der Waals surface area contributed by atoms with Gasteiger partial charge in [0.2, 0.25) is 0 Å². The van der Waals surface area contributed by atoms with Gasteiger partial charge in [0.25, 0.3) is 0 Å². The van der Waals surface area contributed by atoms with Gasteiger partial charge in [-0.2, -0.15) is 0 Å². The largest absolute Gasteiger partial charge is 0.508 e. The number of piperazine rings is 2. The summed E-state index contributed by atoms with van der Waals surface area (Å²) in [7, 11) is 0. The Bertz CT molecular complexity index is 3090. The molecule has 0 saturated carbocycles. The van der Waals surface area contributed by atoms with Crippen molar-refractivity contribution in [2.24, 2.45) is 0 Å². The van der Waals surface area contributed by atoms with E-state index in [9.17, 15) is 10.2 Å². The Hall–Kier alpha value is -7.29. The van der Waals surface area contributed by atoms with Crippen LogP contribution in [-0.4, -0.2) is 113 Å². The van der Waals surface area contributed by atoms with Gasteiger partial charge in [0.05, 0.1) is 15.2 Å². The number of phenolic OH excluding ortho intramolecular Hbond substituents is 4. The lowest BCUT2D eigenvalue weighted by Crippen LogP contribution is -2.46. The number of thiol groups is 1. The molecule has 0 amide bonds. The minimum atomic E-state index is -0.203. The maximum atomic E-state index is 9.33. The molecule has 19 heteroatoms. The average molecular weight is 1080 g/mol. The zero-order valence-corrected chi connectivity index (χ0v) is 45.3. The third kappa shape index (κ3) is 21.0. The molecule has 15 nitrogen and oxygen atoms in total. The molecule has 0 bridgehead atoms. The van der Waals surface area contributed by atoms with E-state index < -0.39 is 0 Å². The Morgan fingerprint density at radius 1 is 0.662 bits per heavy atom. The average Bonchev–Trinajstić information content (AvgIpc) is 4.19. The van der Waals surface area contributed by atoms with Crippen molar-refractivity contribution in [3.05, 3.63) is 185 Å². The summed E-state index contributed by atoms with van der Waals surface area (Å²) in [5.41, 5.74) is 4.94. The number of aryl methyl sites for hydroxylation is 1. The van der Waals surface area contributed by atoms with E-state index in [1.807, 2.05) is 106 Å². The molecule has 5 aromatic heterocycles. The summed E-state index contributed by atoms with van der Waals surface area (Å²) in [5, 5.41) is 44.0. The molecule has 11 rings (SSSR count). The first-order valence-corrected chi connectivity index (χ1v) is 25.8. The predicted octanol–water partition coefficient (Wildman–Crippen LogP) is 12.0. The number of aromatic hydroxyl groups is 4. The van der Waals surface area contributed by atoms with Crippen LogP contribution in [0.15, 0.2) is 174 Å². The lowest BCUT2D eigenvalue weighted by molar-refractivity contribution is 0.00166. The number of H-pyrrole nitrogens is 4.